The van der Waals surface area contributed by atoms with E-state index in [0.29, 0.717) is 31.9 Å². The SMILES string of the molecule is CC(C(=O)Nc1ccc(OC(F)F)cc1)N1CCN(S(=O)(=O)N(C)C2CCCCC2)CC1. The molecule has 1 N–H and O–H groups in total. The summed E-state index contributed by atoms with van der Waals surface area (Å²) in [4.78, 5) is 14.6. The first-order chi connectivity index (χ1) is 15.2. The minimum absolute atomic E-state index is 0.0153. The molecule has 0 spiro atoms. The smallest absolute Gasteiger partial charge is 0.387 e. The molecule has 0 aromatic heterocycles. The molecule has 1 aromatic rings. The third kappa shape index (κ3) is 6.15. The number of alkyl halides is 2. The first kappa shape index (κ1) is 24.8. The molecule has 11 heteroatoms. The number of amides is 1. The van der Waals surface area contributed by atoms with Crippen LogP contribution >= 0.6 is 0 Å². The topological polar surface area (TPSA) is 82.2 Å². The van der Waals surface area contributed by atoms with Crippen LogP contribution in [-0.2, 0) is 15.0 Å². The predicted octanol–water partition coefficient (Wildman–Crippen LogP) is 2.74. The lowest BCUT2D eigenvalue weighted by molar-refractivity contribution is -0.121. The molecule has 180 valence electrons. The van der Waals surface area contributed by atoms with Crippen LogP contribution in [0, 0.1) is 0 Å². The van der Waals surface area contributed by atoms with Gasteiger partial charge in [-0.1, -0.05) is 19.3 Å². The van der Waals surface area contributed by atoms with E-state index in [-0.39, 0.29) is 17.7 Å². The molecule has 8 nitrogen and oxygen atoms in total. The van der Waals surface area contributed by atoms with E-state index < -0.39 is 22.9 Å². The molecule has 1 saturated heterocycles. The maximum atomic E-state index is 13.0. The summed E-state index contributed by atoms with van der Waals surface area (Å²) in [5.41, 5.74) is 0.471. The van der Waals surface area contributed by atoms with Crippen molar-refractivity contribution in [2.75, 3.05) is 38.5 Å². The van der Waals surface area contributed by atoms with Crippen molar-refractivity contribution in [3.63, 3.8) is 0 Å². The Labute approximate surface area is 188 Å². The van der Waals surface area contributed by atoms with Crippen molar-refractivity contribution in [3.8, 4) is 5.75 Å². The fraction of sp³-hybridized carbons (Fsp3) is 0.667. The number of carbonyl (C=O) groups is 1. The second-order valence-corrected chi connectivity index (χ2v) is 10.3. The highest BCUT2D eigenvalue weighted by atomic mass is 32.2. The van der Waals surface area contributed by atoms with Crippen LogP contribution in [-0.4, -0.2) is 79.8 Å². The molecule has 1 aromatic carbocycles. The summed E-state index contributed by atoms with van der Waals surface area (Å²) in [5.74, 6) is -0.232. The van der Waals surface area contributed by atoms with Crippen molar-refractivity contribution in [1.29, 1.82) is 0 Å². The average molecular weight is 475 g/mol. The van der Waals surface area contributed by atoms with Gasteiger partial charge in [0.05, 0.1) is 6.04 Å². The first-order valence-electron chi connectivity index (χ1n) is 11.0. The lowest BCUT2D eigenvalue weighted by atomic mass is 9.96. The van der Waals surface area contributed by atoms with Crippen LogP contribution < -0.4 is 10.1 Å². The highest BCUT2D eigenvalue weighted by Crippen LogP contribution is 2.25. The van der Waals surface area contributed by atoms with Gasteiger partial charge in [0.25, 0.3) is 10.2 Å². The van der Waals surface area contributed by atoms with Crippen molar-refractivity contribution in [2.24, 2.45) is 0 Å². The van der Waals surface area contributed by atoms with Gasteiger partial charge in [-0.3, -0.25) is 9.69 Å². The number of nitrogens with one attached hydrogen (secondary N) is 1. The number of nitrogens with zero attached hydrogens (tertiary/aromatic N) is 3. The number of carbonyl (C=O) groups excluding carboxylic acids is 1. The summed E-state index contributed by atoms with van der Waals surface area (Å²) in [6.45, 7) is 0.427. The second kappa shape index (κ2) is 10.9. The zero-order valence-electron chi connectivity index (χ0n) is 18.5. The molecular formula is C21H32F2N4O4S. The Morgan fingerprint density at radius 3 is 2.25 bits per heavy atom. The number of hydrogen-bond acceptors (Lipinski definition) is 5. The molecule has 1 aliphatic carbocycles. The molecule has 0 radical (unpaired) electrons. The molecule has 2 fully saturated rings. The molecule has 0 bridgehead atoms. The summed E-state index contributed by atoms with van der Waals surface area (Å²) >= 11 is 0. The summed E-state index contributed by atoms with van der Waals surface area (Å²) in [6, 6.07) is 5.31. The third-order valence-electron chi connectivity index (χ3n) is 6.33. The average Bonchev–Trinajstić information content (AvgIpc) is 2.79. The van der Waals surface area contributed by atoms with E-state index >= 15 is 0 Å². The number of ether oxygens (including phenoxy) is 1. The van der Waals surface area contributed by atoms with Crippen LogP contribution in [0.1, 0.15) is 39.0 Å². The van der Waals surface area contributed by atoms with Crippen molar-refractivity contribution in [3.05, 3.63) is 24.3 Å². The molecule has 32 heavy (non-hydrogen) atoms. The fourth-order valence-corrected chi connectivity index (χ4v) is 5.85. The molecule has 2 aliphatic rings. The van der Waals surface area contributed by atoms with Crippen molar-refractivity contribution in [2.45, 2.75) is 57.7 Å². The van der Waals surface area contributed by atoms with Gasteiger partial charge in [0, 0.05) is 45.0 Å². The maximum absolute atomic E-state index is 13.0. The third-order valence-corrected chi connectivity index (χ3v) is 8.37. The number of piperazine rings is 1. The van der Waals surface area contributed by atoms with E-state index in [1.165, 1.54) is 32.9 Å². The van der Waals surface area contributed by atoms with Gasteiger partial charge in [0.15, 0.2) is 0 Å². The minimum atomic E-state index is -3.52. The van der Waals surface area contributed by atoms with Crippen LogP contribution in [0.15, 0.2) is 24.3 Å². The Hall–Kier alpha value is -1.82. The molecule has 1 amide bonds. The van der Waals surface area contributed by atoms with E-state index in [1.807, 2.05) is 4.90 Å². The lowest BCUT2D eigenvalue weighted by Gasteiger charge is -2.40. The van der Waals surface area contributed by atoms with Crippen LogP contribution in [0.25, 0.3) is 0 Å². The van der Waals surface area contributed by atoms with E-state index in [4.69, 9.17) is 0 Å². The van der Waals surface area contributed by atoms with Gasteiger partial charge in [-0.2, -0.15) is 25.8 Å². The molecule has 1 aliphatic heterocycles. The summed E-state index contributed by atoms with van der Waals surface area (Å²) in [5, 5.41) is 2.76. The molecule has 3 rings (SSSR count). The van der Waals surface area contributed by atoms with Crippen LogP contribution in [0.5, 0.6) is 5.75 Å². The normalized spacial score (nSPS) is 20.4. The number of halogens is 2. The highest BCUT2D eigenvalue weighted by molar-refractivity contribution is 7.86. The largest absolute Gasteiger partial charge is 0.435 e. The van der Waals surface area contributed by atoms with Gasteiger partial charge in [-0.15, -0.1) is 0 Å². The molecule has 1 unspecified atom stereocenters. The van der Waals surface area contributed by atoms with Gasteiger partial charge in [0.2, 0.25) is 5.91 Å². The molecule has 1 heterocycles. The van der Waals surface area contributed by atoms with Crippen LogP contribution in [0.2, 0.25) is 0 Å². The highest BCUT2D eigenvalue weighted by Gasteiger charge is 2.36. The second-order valence-electron chi connectivity index (χ2n) is 8.32. The molecular weight excluding hydrogens is 442 g/mol. The Morgan fingerprint density at radius 2 is 1.69 bits per heavy atom. The Morgan fingerprint density at radius 1 is 1.09 bits per heavy atom. The van der Waals surface area contributed by atoms with Gasteiger partial charge in [-0.05, 0) is 44.0 Å². The first-order valence-corrected chi connectivity index (χ1v) is 12.4. The monoisotopic (exact) mass is 474 g/mol. The zero-order chi connectivity index (χ0) is 23.3. The van der Waals surface area contributed by atoms with Crippen molar-refractivity contribution in [1.82, 2.24) is 13.5 Å². The van der Waals surface area contributed by atoms with Crippen molar-refractivity contribution >= 4 is 21.8 Å². The van der Waals surface area contributed by atoms with E-state index in [2.05, 4.69) is 10.1 Å². The maximum Gasteiger partial charge on any atom is 0.387 e. The Kier molecular flexibility index (Phi) is 8.43. The Balaban J connectivity index is 1.51. The van der Waals surface area contributed by atoms with Gasteiger partial charge in [0.1, 0.15) is 5.75 Å². The number of hydrogen-bond donors (Lipinski definition) is 1. The predicted molar refractivity (Wildman–Crippen MR) is 118 cm³/mol. The fourth-order valence-electron chi connectivity index (χ4n) is 4.27. The summed E-state index contributed by atoms with van der Waals surface area (Å²) in [7, 11) is -1.85. The van der Waals surface area contributed by atoms with Gasteiger partial charge in [-0.25, -0.2) is 0 Å². The molecule has 1 saturated carbocycles. The Bertz CT molecular complexity index is 855. The number of rotatable bonds is 8. The number of benzene rings is 1. The quantitative estimate of drug-likeness (QED) is 0.627. The van der Waals surface area contributed by atoms with E-state index in [9.17, 15) is 22.0 Å². The van der Waals surface area contributed by atoms with Gasteiger partial charge < -0.3 is 10.1 Å². The van der Waals surface area contributed by atoms with Crippen LogP contribution in [0.3, 0.4) is 0 Å². The van der Waals surface area contributed by atoms with E-state index in [1.54, 1.807) is 14.0 Å². The van der Waals surface area contributed by atoms with Crippen molar-refractivity contribution < 1.29 is 26.7 Å². The molecule has 1 atom stereocenters. The zero-order valence-corrected chi connectivity index (χ0v) is 19.4. The summed E-state index contributed by atoms with van der Waals surface area (Å²) in [6.07, 6.45) is 5.10. The standard InChI is InChI=1S/C21H32F2N4O4S/c1-16(20(28)24-17-8-10-19(11-9-17)31-21(22)23)26-12-14-27(15-13-26)32(29,30)25(2)18-6-4-3-5-7-18/h8-11,16,18,21H,3-7,12-15H2,1-2H3,(H,24,28). The number of anilines is 1. The van der Waals surface area contributed by atoms with E-state index in [0.717, 1.165) is 32.1 Å². The minimum Gasteiger partial charge on any atom is -0.435 e. The lowest BCUT2D eigenvalue weighted by Crippen LogP contribution is -2.57. The van der Waals surface area contributed by atoms with Crippen LogP contribution in [0.4, 0.5) is 14.5 Å². The van der Waals surface area contributed by atoms with Gasteiger partial charge >= 0.3 is 6.61 Å². The summed E-state index contributed by atoms with van der Waals surface area (Å²) < 4.78 is 57.9.